The number of fused-ring (bicyclic) bond motifs is 1. The van der Waals surface area contributed by atoms with Gasteiger partial charge in [0.1, 0.15) is 23.9 Å². The van der Waals surface area contributed by atoms with Gasteiger partial charge in [0.15, 0.2) is 6.10 Å². The highest BCUT2D eigenvalue weighted by Crippen LogP contribution is 2.42. The van der Waals surface area contributed by atoms with E-state index in [0.717, 1.165) is 58.3 Å². The quantitative estimate of drug-likeness (QED) is 0.186. The van der Waals surface area contributed by atoms with E-state index >= 15 is 0 Å². The van der Waals surface area contributed by atoms with Crippen LogP contribution in [0.25, 0.3) is 0 Å². The van der Waals surface area contributed by atoms with Gasteiger partial charge < -0.3 is 19.3 Å². The Morgan fingerprint density at radius 1 is 1.14 bits per heavy atom. The second-order valence-corrected chi connectivity index (χ2v) is 10.4. The van der Waals surface area contributed by atoms with Crippen LogP contribution in [0.1, 0.15) is 42.6 Å². The molecule has 3 aromatic rings. The Morgan fingerprint density at radius 3 is 2.67 bits per heavy atom. The average Bonchev–Trinajstić information content (AvgIpc) is 3.25. The number of aliphatic carboxylic acids is 1. The highest BCUT2D eigenvalue weighted by Gasteiger charge is 2.30. The van der Waals surface area contributed by atoms with Gasteiger partial charge in [-0.15, -0.1) is 11.8 Å². The van der Waals surface area contributed by atoms with Crippen LogP contribution < -0.4 is 14.2 Å². The Hall–Kier alpha value is -2.54. The van der Waals surface area contributed by atoms with Gasteiger partial charge >= 0.3 is 5.97 Å². The maximum Gasteiger partial charge on any atom is 0.307 e. The monoisotopic (exact) mass is 546 g/mol. The minimum absolute atomic E-state index is 0.0307. The summed E-state index contributed by atoms with van der Waals surface area (Å²) in [6.45, 7) is 3.17. The third kappa shape index (κ3) is 6.81. The largest absolute Gasteiger partial charge is 0.493 e. The first-order valence-corrected chi connectivity index (χ1v) is 13.7. The summed E-state index contributed by atoms with van der Waals surface area (Å²) in [7, 11) is 0. The third-order valence-corrected chi connectivity index (χ3v) is 7.56. The molecule has 0 spiro atoms. The number of hydrogen-bond donors (Lipinski definition) is 1. The summed E-state index contributed by atoms with van der Waals surface area (Å²) >= 11 is 13.9. The molecule has 0 bridgehead atoms. The molecular formula is C28H28Cl2O5S. The van der Waals surface area contributed by atoms with E-state index in [-0.39, 0.29) is 12.5 Å². The molecule has 1 N–H and O–H groups in total. The fourth-order valence-corrected chi connectivity index (χ4v) is 5.40. The summed E-state index contributed by atoms with van der Waals surface area (Å²) in [5.41, 5.74) is 2.82. The lowest BCUT2D eigenvalue weighted by Gasteiger charge is -2.16. The lowest BCUT2D eigenvalue weighted by Crippen LogP contribution is -2.08. The summed E-state index contributed by atoms with van der Waals surface area (Å²) in [5, 5.41) is 10.2. The Bertz CT molecular complexity index is 1200. The molecule has 190 valence electrons. The number of benzene rings is 3. The molecule has 1 atom stereocenters. The fraction of sp³-hybridized carbons (Fsp3) is 0.321. The zero-order valence-corrected chi connectivity index (χ0v) is 22.3. The van der Waals surface area contributed by atoms with E-state index in [1.807, 2.05) is 48.5 Å². The van der Waals surface area contributed by atoms with E-state index in [2.05, 4.69) is 6.92 Å². The first-order valence-electron chi connectivity index (χ1n) is 11.9. The number of carboxylic acids is 1. The minimum atomic E-state index is -0.868. The summed E-state index contributed by atoms with van der Waals surface area (Å²) in [5.74, 6) is 2.44. The first kappa shape index (κ1) is 26.5. The number of hydrogen-bond acceptors (Lipinski definition) is 5. The molecule has 1 heterocycles. The Labute approximate surface area is 225 Å². The van der Waals surface area contributed by atoms with Gasteiger partial charge in [0, 0.05) is 26.8 Å². The van der Waals surface area contributed by atoms with Gasteiger partial charge in [0.05, 0.1) is 18.1 Å². The molecule has 0 saturated heterocycles. The minimum Gasteiger partial charge on any atom is -0.493 e. The van der Waals surface area contributed by atoms with Crippen LogP contribution in [0.4, 0.5) is 0 Å². The molecule has 0 saturated carbocycles. The number of carbonyl (C=O) groups is 1. The SMILES string of the molecule is CCCc1c(OCCCSc2ccc(CC(=O)O)cc2Cl)ccc2c1OCC2Oc1ccc(Cl)cc1. The highest BCUT2D eigenvalue weighted by molar-refractivity contribution is 7.99. The predicted octanol–water partition coefficient (Wildman–Crippen LogP) is 7.65. The summed E-state index contributed by atoms with van der Waals surface area (Å²) in [4.78, 5) is 11.8. The van der Waals surface area contributed by atoms with E-state index in [1.54, 1.807) is 17.8 Å². The first-order chi connectivity index (χ1) is 17.4. The van der Waals surface area contributed by atoms with Crippen molar-refractivity contribution in [1.29, 1.82) is 0 Å². The van der Waals surface area contributed by atoms with E-state index in [1.165, 1.54) is 0 Å². The predicted molar refractivity (Wildman–Crippen MR) is 144 cm³/mol. The number of halogens is 2. The van der Waals surface area contributed by atoms with Crippen LogP contribution in [-0.2, 0) is 17.6 Å². The molecule has 0 radical (unpaired) electrons. The number of rotatable bonds is 12. The number of thioether (sulfide) groups is 1. The van der Waals surface area contributed by atoms with Crippen molar-refractivity contribution in [2.45, 2.75) is 43.6 Å². The molecule has 1 unspecified atom stereocenters. The zero-order chi connectivity index (χ0) is 25.5. The van der Waals surface area contributed by atoms with Crippen LogP contribution in [0, 0.1) is 0 Å². The van der Waals surface area contributed by atoms with Crippen LogP contribution in [0.15, 0.2) is 59.5 Å². The van der Waals surface area contributed by atoms with Crippen molar-refractivity contribution in [2.24, 2.45) is 0 Å². The van der Waals surface area contributed by atoms with Gasteiger partial charge in [-0.05, 0) is 66.9 Å². The molecule has 1 aliphatic heterocycles. The summed E-state index contributed by atoms with van der Waals surface area (Å²) in [6, 6.07) is 16.8. The molecule has 3 aromatic carbocycles. The molecule has 4 rings (SSSR count). The van der Waals surface area contributed by atoms with Crippen molar-refractivity contribution >= 4 is 40.9 Å². The lowest BCUT2D eigenvalue weighted by molar-refractivity contribution is -0.136. The van der Waals surface area contributed by atoms with Gasteiger partial charge in [-0.3, -0.25) is 4.79 Å². The Kier molecular flexibility index (Phi) is 9.30. The van der Waals surface area contributed by atoms with Gasteiger partial charge in [0.2, 0.25) is 0 Å². The van der Waals surface area contributed by atoms with Crippen molar-refractivity contribution in [3.63, 3.8) is 0 Å². The molecular weight excluding hydrogens is 519 g/mol. The zero-order valence-electron chi connectivity index (χ0n) is 20.0. The second-order valence-electron chi connectivity index (χ2n) is 8.47. The van der Waals surface area contributed by atoms with E-state index in [0.29, 0.717) is 28.8 Å². The van der Waals surface area contributed by atoms with Gasteiger partial charge in [-0.1, -0.05) is 42.6 Å². The molecule has 0 amide bonds. The maximum atomic E-state index is 10.9. The Balaban J connectivity index is 1.33. The molecule has 0 aromatic heterocycles. The standard InChI is InChI=1S/C28H28Cl2O5S/c1-2-4-21-24(33-13-3-14-36-26-12-5-18(15-23(26)30)16-27(31)32)11-10-22-25(17-34-28(21)22)35-20-8-6-19(29)7-9-20/h5-12,15,25H,2-4,13-14,16-17H2,1H3,(H,31,32). The number of ether oxygens (including phenoxy) is 3. The van der Waals surface area contributed by atoms with Gasteiger partial charge in [-0.25, -0.2) is 0 Å². The van der Waals surface area contributed by atoms with Crippen molar-refractivity contribution in [3.8, 4) is 17.2 Å². The second kappa shape index (κ2) is 12.6. The molecule has 0 fully saturated rings. The number of carboxylic acid groups (broad SMARTS) is 1. The average molecular weight is 548 g/mol. The maximum absolute atomic E-state index is 10.9. The topological polar surface area (TPSA) is 65.0 Å². The molecule has 0 aliphatic carbocycles. The van der Waals surface area contributed by atoms with E-state index in [4.69, 9.17) is 42.5 Å². The van der Waals surface area contributed by atoms with Crippen LogP contribution in [0.5, 0.6) is 17.2 Å². The van der Waals surface area contributed by atoms with Crippen LogP contribution in [-0.4, -0.2) is 30.0 Å². The smallest absolute Gasteiger partial charge is 0.307 e. The summed E-state index contributed by atoms with van der Waals surface area (Å²) < 4.78 is 18.4. The van der Waals surface area contributed by atoms with Gasteiger partial charge in [0.25, 0.3) is 0 Å². The Morgan fingerprint density at radius 2 is 1.94 bits per heavy atom. The third-order valence-electron chi connectivity index (χ3n) is 5.72. The molecule has 1 aliphatic rings. The molecule has 36 heavy (non-hydrogen) atoms. The lowest BCUT2D eigenvalue weighted by atomic mass is 10.0. The fourth-order valence-electron chi connectivity index (χ4n) is 4.07. The van der Waals surface area contributed by atoms with Crippen LogP contribution in [0.2, 0.25) is 10.0 Å². The van der Waals surface area contributed by atoms with Crippen molar-refractivity contribution in [2.75, 3.05) is 19.0 Å². The van der Waals surface area contributed by atoms with Crippen molar-refractivity contribution < 1.29 is 24.1 Å². The van der Waals surface area contributed by atoms with Crippen LogP contribution in [0.3, 0.4) is 0 Å². The highest BCUT2D eigenvalue weighted by atomic mass is 35.5. The molecule has 5 nitrogen and oxygen atoms in total. The van der Waals surface area contributed by atoms with E-state index < -0.39 is 5.97 Å². The summed E-state index contributed by atoms with van der Waals surface area (Å²) in [6.07, 6.45) is 2.47. The van der Waals surface area contributed by atoms with E-state index in [9.17, 15) is 4.79 Å². The van der Waals surface area contributed by atoms with Gasteiger partial charge in [-0.2, -0.15) is 0 Å². The normalized spacial score (nSPS) is 14.2. The molecule has 8 heteroatoms. The van der Waals surface area contributed by atoms with Crippen LogP contribution >= 0.6 is 35.0 Å². The van der Waals surface area contributed by atoms with Crippen molar-refractivity contribution in [1.82, 2.24) is 0 Å². The van der Waals surface area contributed by atoms with Crippen molar-refractivity contribution in [3.05, 3.63) is 81.3 Å².